The Bertz CT molecular complexity index is 1570. The number of aromatic hydroxyl groups is 1. The molecule has 0 fully saturated rings. The van der Waals surface area contributed by atoms with E-state index in [1.54, 1.807) is 49.6 Å². The van der Waals surface area contributed by atoms with Gasteiger partial charge in [0.15, 0.2) is 5.75 Å². The molecule has 0 aliphatic rings. The molecule has 4 aromatic carbocycles. The number of hydrogen-bond donors (Lipinski definition) is 5. The van der Waals surface area contributed by atoms with Crippen LogP contribution >= 0.6 is 0 Å². The number of nitrogens with two attached hydrogens (primary N) is 2. The zero-order valence-corrected chi connectivity index (χ0v) is 21.1. The fraction of sp³-hybridized carbons (Fsp3) is 0.143. The van der Waals surface area contributed by atoms with E-state index in [1.165, 1.54) is 0 Å². The Morgan fingerprint density at radius 2 is 1.64 bits per heavy atom. The average Bonchev–Trinajstić information content (AvgIpc) is 2.98. The quantitative estimate of drug-likeness (QED) is 0.0485. The highest BCUT2D eigenvalue weighted by Crippen LogP contribution is 2.28. The standard InChI is InChI=1S/C28H27N5O6/c1-38-10-11-39-22-8-2-16(3-9-22)15-31-28(37)18-6-4-17(5-7-18)19-12-20(27(29)33-30)14-21(13-19)32-23-24(34)26(36)25(23)35/h2-9,12-14,32,34H,10-11,15,30H2,1H3,(H2,29,33)(H,31,37). The zero-order valence-electron chi connectivity index (χ0n) is 21.1. The van der Waals surface area contributed by atoms with Gasteiger partial charge in [-0.25, -0.2) is 0 Å². The summed E-state index contributed by atoms with van der Waals surface area (Å²) in [6, 6.07) is 19.3. The smallest absolute Gasteiger partial charge is 0.271 e. The second-order valence-electron chi connectivity index (χ2n) is 8.57. The molecule has 0 saturated carbocycles. The number of hydrazone groups is 1. The molecule has 0 aliphatic heterocycles. The Balaban J connectivity index is 1.46. The lowest BCUT2D eigenvalue weighted by Gasteiger charge is -2.13. The number of hydrogen-bond acceptors (Lipinski definition) is 9. The largest absolute Gasteiger partial charge is 0.502 e. The van der Waals surface area contributed by atoms with Crippen LogP contribution in [0.25, 0.3) is 11.1 Å². The number of ether oxygens (including phenoxy) is 2. The molecule has 0 saturated heterocycles. The van der Waals surface area contributed by atoms with Crippen molar-refractivity contribution in [1.29, 1.82) is 0 Å². The van der Waals surface area contributed by atoms with Gasteiger partial charge in [0.25, 0.3) is 16.8 Å². The van der Waals surface area contributed by atoms with Crippen molar-refractivity contribution >= 4 is 23.1 Å². The third kappa shape index (κ3) is 6.22. The summed E-state index contributed by atoms with van der Waals surface area (Å²) in [7, 11) is 1.61. The lowest BCUT2D eigenvalue weighted by atomic mass is 10.00. The van der Waals surface area contributed by atoms with E-state index in [0.29, 0.717) is 42.1 Å². The van der Waals surface area contributed by atoms with Gasteiger partial charge in [0.05, 0.1) is 6.61 Å². The Kier molecular flexibility index (Phi) is 8.22. The molecule has 0 aromatic heterocycles. The van der Waals surface area contributed by atoms with Gasteiger partial charge in [-0.05, 0) is 59.2 Å². The minimum atomic E-state index is -0.949. The van der Waals surface area contributed by atoms with Gasteiger partial charge in [0.1, 0.15) is 23.9 Å². The van der Waals surface area contributed by atoms with E-state index in [2.05, 4.69) is 15.7 Å². The van der Waals surface area contributed by atoms with Gasteiger partial charge in [-0.1, -0.05) is 24.3 Å². The Labute approximate surface area is 223 Å². The third-order valence-corrected chi connectivity index (χ3v) is 5.94. The molecule has 4 aromatic rings. The Hall–Kier alpha value is -5.16. The maximum Gasteiger partial charge on any atom is 0.271 e. The molecule has 0 aliphatic carbocycles. The summed E-state index contributed by atoms with van der Waals surface area (Å²) in [5.74, 6) is 5.23. The molecule has 1 amide bonds. The predicted molar refractivity (Wildman–Crippen MR) is 148 cm³/mol. The van der Waals surface area contributed by atoms with Crippen LogP contribution in [-0.4, -0.2) is 37.2 Å². The van der Waals surface area contributed by atoms with Gasteiger partial charge in [-0.2, -0.15) is 5.10 Å². The maximum absolute atomic E-state index is 12.7. The molecule has 0 unspecified atom stereocenters. The van der Waals surface area contributed by atoms with E-state index in [9.17, 15) is 19.5 Å². The van der Waals surface area contributed by atoms with Crippen molar-refractivity contribution < 1.29 is 19.4 Å². The van der Waals surface area contributed by atoms with Gasteiger partial charge in [-0.3, -0.25) is 14.4 Å². The van der Waals surface area contributed by atoms with Gasteiger partial charge >= 0.3 is 0 Å². The molecular weight excluding hydrogens is 502 g/mol. The van der Waals surface area contributed by atoms with E-state index >= 15 is 0 Å². The Morgan fingerprint density at radius 1 is 0.923 bits per heavy atom. The molecule has 39 heavy (non-hydrogen) atoms. The number of methoxy groups -OCH3 is 1. The predicted octanol–water partition coefficient (Wildman–Crippen LogP) is 1.93. The molecule has 7 N–H and O–H groups in total. The van der Waals surface area contributed by atoms with Gasteiger partial charge < -0.3 is 36.8 Å². The van der Waals surface area contributed by atoms with E-state index in [0.717, 1.165) is 16.9 Å². The lowest BCUT2D eigenvalue weighted by Crippen LogP contribution is -2.32. The highest BCUT2D eigenvalue weighted by atomic mass is 16.5. The molecule has 0 bridgehead atoms. The number of carbonyl (C=O) groups excluding carboxylic acids is 1. The molecule has 0 atom stereocenters. The van der Waals surface area contributed by atoms with Crippen LogP contribution < -0.4 is 37.8 Å². The van der Waals surface area contributed by atoms with Crippen molar-refractivity contribution in [3.05, 3.63) is 104 Å². The monoisotopic (exact) mass is 529 g/mol. The Morgan fingerprint density at radius 3 is 2.28 bits per heavy atom. The first-order valence-electron chi connectivity index (χ1n) is 11.9. The fourth-order valence-corrected chi connectivity index (χ4v) is 3.77. The first-order chi connectivity index (χ1) is 18.8. The summed E-state index contributed by atoms with van der Waals surface area (Å²) < 4.78 is 10.5. The summed E-state index contributed by atoms with van der Waals surface area (Å²) in [5, 5.41) is 18.8. The summed E-state index contributed by atoms with van der Waals surface area (Å²) in [4.78, 5) is 35.8. The normalized spacial score (nSPS) is 11.4. The van der Waals surface area contributed by atoms with Crippen molar-refractivity contribution in [3.63, 3.8) is 0 Å². The molecular formula is C28H27N5O6. The molecule has 11 nitrogen and oxygen atoms in total. The highest BCUT2D eigenvalue weighted by Gasteiger charge is 2.20. The third-order valence-electron chi connectivity index (χ3n) is 5.94. The number of carbonyl (C=O) groups is 1. The summed E-state index contributed by atoms with van der Waals surface area (Å²) in [6.45, 7) is 1.31. The van der Waals surface area contributed by atoms with Gasteiger partial charge in [0, 0.05) is 30.5 Å². The van der Waals surface area contributed by atoms with Crippen LogP contribution in [0.3, 0.4) is 0 Å². The number of amides is 1. The maximum atomic E-state index is 12.7. The topological polar surface area (TPSA) is 178 Å². The molecule has 4 rings (SSSR count). The van der Waals surface area contributed by atoms with Crippen molar-refractivity contribution in [3.8, 4) is 22.6 Å². The number of anilines is 2. The molecule has 0 spiro atoms. The van der Waals surface area contributed by atoms with Crippen LogP contribution in [0, 0.1) is 0 Å². The zero-order chi connectivity index (χ0) is 27.9. The van der Waals surface area contributed by atoms with E-state index in [4.69, 9.17) is 21.1 Å². The first kappa shape index (κ1) is 26.9. The van der Waals surface area contributed by atoms with Gasteiger partial charge in [0.2, 0.25) is 0 Å². The SMILES string of the molecule is COCCOc1ccc(CNC(=O)c2ccc(-c3cc(Nc4c(O)c(=O)c4=O)cc(/C(N)=N/N)c3)cc2)cc1. The van der Waals surface area contributed by atoms with E-state index in [-0.39, 0.29) is 17.4 Å². The highest BCUT2D eigenvalue weighted by molar-refractivity contribution is 6.00. The second kappa shape index (κ2) is 11.9. The van der Waals surface area contributed by atoms with Crippen LogP contribution in [-0.2, 0) is 11.3 Å². The molecule has 0 radical (unpaired) electrons. The average molecular weight is 530 g/mol. The number of amidine groups is 1. The van der Waals surface area contributed by atoms with Crippen molar-refractivity contribution in [2.75, 3.05) is 25.6 Å². The van der Waals surface area contributed by atoms with E-state index < -0.39 is 16.6 Å². The lowest BCUT2D eigenvalue weighted by molar-refractivity contribution is 0.0951. The number of nitrogens with one attached hydrogen (secondary N) is 2. The fourth-order valence-electron chi connectivity index (χ4n) is 3.77. The van der Waals surface area contributed by atoms with Crippen LogP contribution in [0.4, 0.5) is 11.4 Å². The number of nitrogens with zero attached hydrogens (tertiary/aromatic N) is 1. The van der Waals surface area contributed by atoms with Crippen molar-refractivity contribution in [1.82, 2.24) is 5.32 Å². The minimum absolute atomic E-state index is 0.0414. The first-order valence-corrected chi connectivity index (χ1v) is 11.9. The molecule has 11 heteroatoms. The summed E-state index contributed by atoms with van der Waals surface area (Å²) in [6.07, 6.45) is 0. The number of rotatable bonds is 11. The minimum Gasteiger partial charge on any atom is -0.502 e. The van der Waals surface area contributed by atoms with E-state index in [1.807, 2.05) is 24.3 Å². The van der Waals surface area contributed by atoms with Crippen LogP contribution in [0.15, 0.2) is 81.4 Å². The van der Waals surface area contributed by atoms with Crippen LogP contribution in [0.2, 0.25) is 0 Å². The molecule has 0 heterocycles. The summed E-state index contributed by atoms with van der Waals surface area (Å²) >= 11 is 0. The van der Waals surface area contributed by atoms with Crippen molar-refractivity contribution in [2.24, 2.45) is 16.7 Å². The van der Waals surface area contributed by atoms with Gasteiger partial charge in [-0.15, -0.1) is 0 Å². The number of benzene rings is 3. The second-order valence-corrected chi connectivity index (χ2v) is 8.57. The summed E-state index contributed by atoms with van der Waals surface area (Å²) in [5.41, 5.74) is 7.54. The molecule has 200 valence electrons. The van der Waals surface area contributed by atoms with Crippen LogP contribution in [0.5, 0.6) is 11.5 Å². The van der Waals surface area contributed by atoms with Crippen molar-refractivity contribution in [2.45, 2.75) is 6.54 Å². The van der Waals surface area contributed by atoms with Crippen LogP contribution in [0.1, 0.15) is 21.5 Å².